The van der Waals surface area contributed by atoms with Crippen molar-refractivity contribution in [3.8, 4) is 0 Å². The Labute approximate surface area is 147 Å². The molecule has 2 heterocycles. The van der Waals surface area contributed by atoms with Gasteiger partial charge in [-0.05, 0) is 48.7 Å². The minimum Gasteiger partial charge on any atom is -0.372 e. The van der Waals surface area contributed by atoms with Crippen LogP contribution >= 0.6 is 0 Å². The zero-order valence-electron chi connectivity index (χ0n) is 14.0. The fourth-order valence-electron chi connectivity index (χ4n) is 3.61. The minimum atomic E-state index is -0.455. The third kappa shape index (κ3) is 3.22. The monoisotopic (exact) mass is 335 g/mol. The number of hydrogen-bond donors (Lipinski definition) is 2. The van der Waals surface area contributed by atoms with Gasteiger partial charge in [-0.25, -0.2) is 0 Å². The molecule has 2 aromatic carbocycles. The van der Waals surface area contributed by atoms with Gasteiger partial charge in [0, 0.05) is 36.6 Å². The second-order valence-corrected chi connectivity index (χ2v) is 6.62. The lowest BCUT2D eigenvalue weighted by Crippen LogP contribution is -2.30. The van der Waals surface area contributed by atoms with E-state index in [0.29, 0.717) is 0 Å². The van der Waals surface area contributed by atoms with Gasteiger partial charge in [0.05, 0.1) is 5.92 Å². The number of anilines is 3. The summed E-state index contributed by atoms with van der Waals surface area (Å²) in [4.78, 5) is 27.0. The number of amides is 2. The molecule has 0 spiro atoms. The van der Waals surface area contributed by atoms with Gasteiger partial charge < -0.3 is 15.5 Å². The van der Waals surface area contributed by atoms with E-state index in [1.54, 1.807) is 0 Å². The van der Waals surface area contributed by atoms with Gasteiger partial charge in [-0.1, -0.05) is 18.2 Å². The van der Waals surface area contributed by atoms with Crippen molar-refractivity contribution in [1.82, 2.24) is 0 Å². The van der Waals surface area contributed by atoms with Crippen LogP contribution < -0.4 is 15.5 Å². The first kappa shape index (κ1) is 15.7. The summed E-state index contributed by atoms with van der Waals surface area (Å²) in [6.45, 7) is 2.19. The lowest BCUT2D eigenvalue weighted by molar-refractivity contribution is -0.123. The first-order valence-electron chi connectivity index (χ1n) is 8.75. The molecule has 0 radical (unpaired) electrons. The zero-order chi connectivity index (χ0) is 17.2. The molecule has 128 valence electrons. The molecule has 0 aliphatic carbocycles. The van der Waals surface area contributed by atoms with Crippen molar-refractivity contribution >= 4 is 28.9 Å². The predicted octanol–water partition coefficient (Wildman–Crippen LogP) is 3.35. The number of nitrogens with zero attached hydrogens (tertiary/aromatic N) is 1. The Morgan fingerprint density at radius 2 is 1.76 bits per heavy atom. The van der Waals surface area contributed by atoms with Gasteiger partial charge in [0.1, 0.15) is 0 Å². The van der Waals surface area contributed by atoms with Crippen LogP contribution in [0.25, 0.3) is 0 Å². The van der Waals surface area contributed by atoms with E-state index in [4.69, 9.17) is 0 Å². The van der Waals surface area contributed by atoms with E-state index < -0.39 is 5.92 Å². The molecule has 1 atom stereocenters. The molecule has 1 unspecified atom stereocenters. The van der Waals surface area contributed by atoms with Crippen LogP contribution in [0.4, 0.5) is 17.1 Å². The molecule has 0 saturated carbocycles. The van der Waals surface area contributed by atoms with Crippen molar-refractivity contribution in [3.63, 3.8) is 0 Å². The summed E-state index contributed by atoms with van der Waals surface area (Å²) in [5.41, 5.74) is 3.55. The summed E-state index contributed by atoms with van der Waals surface area (Å²) < 4.78 is 0. The third-order valence-corrected chi connectivity index (χ3v) is 4.92. The molecule has 5 nitrogen and oxygen atoms in total. The highest BCUT2D eigenvalue weighted by molar-refractivity contribution is 6.05. The Balaban J connectivity index is 1.49. The maximum absolute atomic E-state index is 12.7. The lowest BCUT2D eigenvalue weighted by Gasteiger charge is -2.25. The van der Waals surface area contributed by atoms with Gasteiger partial charge in [0.2, 0.25) is 11.8 Å². The highest BCUT2D eigenvalue weighted by atomic mass is 16.2. The molecule has 2 N–H and O–H groups in total. The van der Waals surface area contributed by atoms with Gasteiger partial charge in [-0.15, -0.1) is 0 Å². The van der Waals surface area contributed by atoms with E-state index in [0.717, 1.165) is 30.0 Å². The highest BCUT2D eigenvalue weighted by Gasteiger charge is 2.30. The summed E-state index contributed by atoms with van der Waals surface area (Å²) in [5.74, 6) is -0.720. The van der Waals surface area contributed by atoms with Gasteiger partial charge in [-0.2, -0.15) is 0 Å². The van der Waals surface area contributed by atoms with Crippen molar-refractivity contribution in [2.45, 2.75) is 25.2 Å². The summed E-state index contributed by atoms with van der Waals surface area (Å²) in [6, 6.07) is 15.4. The second kappa shape index (κ2) is 6.59. The molecule has 1 saturated heterocycles. The predicted molar refractivity (Wildman–Crippen MR) is 98.9 cm³/mol. The molecular formula is C20H21N3O2. The van der Waals surface area contributed by atoms with Gasteiger partial charge in [0.25, 0.3) is 0 Å². The molecule has 5 heteroatoms. The Bertz CT molecular complexity index is 795. The number of nitrogens with one attached hydrogen (secondary N) is 2. The van der Waals surface area contributed by atoms with E-state index in [-0.39, 0.29) is 18.2 Å². The fourth-order valence-corrected chi connectivity index (χ4v) is 3.61. The number of benzene rings is 2. The van der Waals surface area contributed by atoms with E-state index in [1.165, 1.54) is 18.5 Å². The number of hydrogen-bond acceptors (Lipinski definition) is 3. The molecular weight excluding hydrogens is 314 g/mol. The van der Waals surface area contributed by atoms with Crippen LogP contribution in [-0.4, -0.2) is 24.9 Å². The number of carbonyl (C=O) groups excluding carboxylic acids is 2. The average molecular weight is 335 g/mol. The van der Waals surface area contributed by atoms with Crippen molar-refractivity contribution in [2.24, 2.45) is 0 Å². The number of rotatable bonds is 3. The molecule has 2 aliphatic rings. The van der Waals surface area contributed by atoms with Crippen molar-refractivity contribution in [2.75, 3.05) is 28.6 Å². The van der Waals surface area contributed by atoms with Crippen LogP contribution in [0, 0.1) is 0 Å². The van der Waals surface area contributed by atoms with Crippen LogP contribution in [0.15, 0.2) is 48.5 Å². The first-order valence-corrected chi connectivity index (χ1v) is 8.75. The number of fused-ring (bicyclic) bond motifs is 1. The summed E-state index contributed by atoms with van der Waals surface area (Å²) in [5, 5.41) is 5.78. The highest BCUT2D eigenvalue weighted by Crippen LogP contribution is 2.33. The quantitative estimate of drug-likeness (QED) is 0.904. The third-order valence-electron chi connectivity index (χ3n) is 4.92. The minimum absolute atomic E-state index is 0.122. The zero-order valence-corrected chi connectivity index (χ0v) is 14.0. The summed E-state index contributed by atoms with van der Waals surface area (Å²) in [6.07, 6.45) is 2.65. The summed E-state index contributed by atoms with van der Waals surface area (Å²) in [7, 11) is 0. The molecule has 25 heavy (non-hydrogen) atoms. The first-order chi connectivity index (χ1) is 12.2. The topological polar surface area (TPSA) is 61.4 Å². The maximum Gasteiger partial charge on any atom is 0.232 e. The molecule has 4 rings (SSSR count). The van der Waals surface area contributed by atoms with Crippen molar-refractivity contribution in [3.05, 3.63) is 54.1 Å². The van der Waals surface area contributed by atoms with Crippen LogP contribution in [0.1, 0.15) is 30.7 Å². The Hall–Kier alpha value is -2.82. The number of carbonyl (C=O) groups is 2. The Kier molecular flexibility index (Phi) is 4.14. The van der Waals surface area contributed by atoms with Crippen LogP contribution in [0.2, 0.25) is 0 Å². The van der Waals surface area contributed by atoms with Gasteiger partial charge in [-0.3, -0.25) is 9.59 Å². The second-order valence-electron chi connectivity index (χ2n) is 6.62. The lowest BCUT2D eigenvalue weighted by atomic mass is 9.90. The van der Waals surface area contributed by atoms with Crippen LogP contribution in [-0.2, 0) is 9.59 Å². The molecule has 2 aromatic rings. The standard InChI is InChI=1S/C20H21N3O2/c24-19-13-17(16-5-1-2-6-18(16)22-19)20(25)21-14-7-9-15(10-8-14)23-11-3-4-12-23/h1-2,5-10,17H,3-4,11-13H2,(H,21,25)(H,22,24). The smallest absolute Gasteiger partial charge is 0.232 e. The molecule has 2 amide bonds. The number of para-hydroxylation sites is 1. The SMILES string of the molecule is O=C1CC(C(=O)Nc2ccc(N3CCCC3)cc2)c2ccccc2N1. The maximum atomic E-state index is 12.7. The van der Waals surface area contributed by atoms with Crippen LogP contribution in [0.3, 0.4) is 0 Å². The van der Waals surface area contributed by atoms with Crippen molar-refractivity contribution < 1.29 is 9.59 Å². The normalized spacial score (nSPS) is 19.3. The molecule has 0 bridgehead atoms. The molecule has 0 aromatic heterocycles. The van der Waals surface area contributed by atoms with Crippen molar-refractivity contribution in [1.29, 1.82) is 0 Å². The largest absolute Gasteiger partial charge is 0.372 e. The fraction of sp³-hybridized carbons (Fsp3) is 0.300. The van der Waals surface area contributed by atoms with Crippen LogP contribution in [0.5, 0.6) is 0 Å². The Morgan fingerprint density at radius 3 is 2.52 bits per heavy atom. The van der Waals surface area contributed by atoms with E-state index in [2.05, 4.69) is 15.5 Å². The molecule has 2 aliphatic heterocycles. The molecule has 1 fully saturated rings. The van der Waals surface area contributed by atoms with Gasteiger partial charge in [0.15, 0.2) is 0 Å². The summed E-state index contributed by atoms with van der Waals surface area (Å²) >= 11 is 0. The van der Waals surface area contributed by atoms with E-state index >= 15 is 0 Å². The average Bonchev–Trinajstić information content (AvgIpc) is 3.16. The Morgan fingerprint density at radius 1 is 1.04 bits per heavy atom. The van der Waals surface area contributed by atoms with Gasteiger partial charge >= 0.3 is 0 Å². The van der Waals surface area contributed by atoms with E-state index in [1.807, 2.05) is 48.5 Å². The van der Waals surface area contributed by atoms with E-state index in [9.17, 15) is 9.59 Å².